The Hall–Kier alpha value is -5.34. The SMILES string of the molecule is CNC(=O)[C@@H](NC(=O)[C@@H](NC(=O)[C@@H]1C[C@H](Oc2cc(-c3ccccc3)nc3cc(OC)ccc23)C[C@H]1C(=O)N[C@@H](CC(F)F)C(=O)O)C(C)(C)C)C1CCCCC1. The van der Waals surface area contributed by atoms with Crippen molar-refractivity contribution in [3.05, 3.63) is 54.6 Å². The van der Waals surface area contributed by atoms with Gasteiger partial charge in [-0.3, -0.25) is 19.2 Å². The lowest BCUT2D eigenvalue weighted by molar-refractivity contribution is -0.144. The molecule has 2 aliphatic carbocycles. The maximum absolute atomic E-state index is 14.4. The Morgan fingerprint density at radius 2 is 1.53 bits per heavy atom. The highest BCUT2D eigenvalue weighted by molar-refractivity contribution is 5.95. The number of carboxylic acids is 1. The van der Waals surface area contributed by atoms with Crippen molar-refractivity contribution >= 4 is 40.5 Å². The number of pyridine rings is 1. The Morgan fingerprint density at radius 3 is 2.11 bits per heavy atom. The molecule has 0 spiro atoms. The Labute approximate surface area is 331 Å². The molecule has 5 N–H and O–H groups in total. The monoisotopic (exact) mass is 793 g/mol. The van der Waals surface area contributed by atoms with Crippen LogP contribution in [0.15, 0.2) is 54.6 Å². The van der Waals surface area contributed by atoms with Gasteiger partial charge in [-0.05, 0) is 49.1 Å². The van der Waals surface area contributed by atoms with Gasteiger partial charge in [0.1, 0.15) is 35.7 Å². The lowest BCUT2D eigenvalue weighted by Gasteiger charge is -2.35. The molecule has 6 atom stereocenters. The zero-order valence-electron chi connectivity index (χ0n) is 33.0. The molecule has 5 rings (SSSR count). The van der Waals surface area contributed by atoms with E-state index in [1.54, 1.807) is 45.0 Å². The summed E-state index contributed by atoms with van der Waals surface area (Å²) in [4.78, 5) is 71.9. The number of aliphatic carboxylic acids is 1. The zero-order valence-corrected chi connectivity index (χ0v) is 33.0. The molecule has 2 saturated carbocycles. The van der Waals surface area contributed by atoms with Crippen LogP contribution in [0.25, 0.3) is 22.2 Å². The summed E-state index contributed by atoms with van der Waals surface area (Å²) in [7, 11) is 3.04. The van der Waals surface area contributed by atoms with Gasteiger partial charge in [-0.25, -0.2) is 18.6 Å². The summed E-state index contributed by atoms with van der Waals surface area (Å²) in [5.41, 5.74) is 1.10. The van der Waals surface area contributed by atoms with Crippen LogP contribution in [0.5, 0.6) is 11.5 Å². The summed E-state index contributed by atoms with van der Waals surface area (Å²) in [6, 6.07) is 12.6. The minimum absolute atomic E-state index is 0.0292. The van der Waals surface area contributed by atoms with Gasteiger partial charge in [0, 0.05) is 36.6 Å². The normalized spacial score (nSPS) is 20.2. The van der Waals surface area contributed by atoms with Gasteiger partial charge in [0.25, 0.3) is 0 Å². The average molecular weight is 794 g/mol. The first kappa shape index (κ1) is 42.8. The third-order valence-electron chi connectivity index (χ3n) is 10.9. The van der Waals surface area contributed by atoms with Crippen molar-refractivity contribution in [1.29, 1.82) is 0 Å². The lowest BCUT2D eigenvalue weighted by atomic mass is 9.82. The number of fused-ring (bicyclic) bond motifs is 1. The lowest BCUT2D eigenvalue weighted by Crippen LogP contribution is -2.60. The van der Waals surface area contributed by atoms with E-state index in [1.165, 1.54) is 14.2 Å². The van der Waals surface area contributed by atoms with Crippen LogP contribution in [0.1, 0.15) is 72.1 Å². The number of methoxy groups -OCH3 is 1. The van der Waals surface area contributed by atoms with Crippen LogP contribution < -0.4 is 30.7 Å². The largest absolute Gasteiger partial charge is 0.497 e. The summed E-state index contributed by atoms with van der Waals surface area (Å²) in [6.45, 7) is 5.27. The molecule has 57 heavy (non-hydrogen) atoms. The van der Waals surface area contributed by atoms with Crippen molar-refractivity contribution in [1.82, 2.24) is 26.3 Å². The van der Waals surface area contributed by atoms with Crippen molar-refractivity contribution in [2.24, 2.45) is 23.2 Å². The maximum atomic E-state index is 14.4. The number of nitrogens with zero attached hydrogens (tertiary/aromatic N) is 1. The molecule has 0 radical (unpaired) electrons. The number of ether oxygens (including phenoxy) is 2. The first-order chi connectivity index (χ1) is 27.1. The van der Waals surface area contributed by atoms with E-state index in [2.05, 4.69) is 21.3 Å². The second kappa shape index (κ2) is 18.7. The predicted octanol–water partition coefficient (Wildman–Crippen LogP) is 5.25. The molecule has 2 aromatic carbocycles. The van der Waals surface area contributed by atoms with Crippen molar-refractivity contribution in [3.8, 4) is 22.8 Å². The number of hydrogen-bond acceptors (Lipinski definition) is 8. The predicted molar refractivity (Wildman–Crippen MR) is 209 cm³/mol. The van der Waals surface area contributed by atoms with E-state index in [1.807, 2.05) is 30.3 Å². The van der Waals surface area contributed by atoms with Crippen molar-refractivity contribution in [2.75, 3.05) is 14.2 Å². The van der Waals surface area contributed by atoms with Crippen LogP contribution >= 0.6 is 0 Å². The molecular formula is C42H53F2N5O8. The Morgan fingerprint density at radius 1 is 0.877 bits per heavy atom. The number of nitrogens with one attached hydrogen (secondary N) is 4. The fraction of sp³-hybridized carbons (Fsp3) is 0.524. The number of rotatable bonds is 15. The number of likely N-dealkylation sites (N-methyl/N-ethyl adjacent to an activating group) is 1. The fourth-order valence-corrected chi connectivity index (χ4v) is 7.86. The molecule has 308 valence electrons. The van der Waals surface area contributed by atoms with Gasteiger partial charge < -0.3 is 35.8 Å². The molecule has 1 heterocycles. The van der Waals surface area contributed by atoms with Crippen LogP contribution in [0.4, 0.5) is 8.78 Å². The minimum atomic E-state index is -3.01. The first-order valence-corrected chi connectivity index (χ1v) is 19.4. The standard InChI is InChI=1S/C42H53F2N5O8/c1-42(2,3)36(40(53)48-35(39(52)45-4)24-14-10-7-11-15-24)49-38(51)29-19-26(18-28(29)37(50)47-32(41(54)55)22-34(43)44)57-33-21-30(23-12-8-6-9-13-23)46-31-20-25(56-5)16-17-27(31)33/h6,8-9,12-13,16-17,20-21,24,26,28-29,32,34-36H,7,10-11,14-15,18-19,22H2,1-5H3,(H,45,52)(H,47,50)(H,48,53)(H,49,51)(H,54,55)/t26-,28-,29-,32+,35+,36-/m1/s1. The molecule has 0 saturated heterocycles. The van der Waals surface area contributed by atoms with Crippen LogP contribution in [-0.2, 0) is 24.0 Å². The summed E-state index contributed by atoms with van der Waals surface area (Å²) in [5.74, 6) is -5.61. The van der Waals surface area contributed by atoms with Crippen molar-refractivity contribution in [2.45, 2.75) is 103 Å². The maximum Gasteiger partial charge on any atom is 0.326 e. The molecule has 0 bridgehead atoms. The smallest absolute Gasteiger partial charge is 0.326 e. The molecule has 3 aromatic rings. The summed E-state index contributed by atoms with van der Waals surface area (Å²) in [6.07, 6.45) is -0.587. The van der Waals surface area contributed by atoms with Crippen LogP contribution in [0, 0.1) is 23.2 Å². The summed E-state index contributed by atoms with van der Waals surface area (Å²) in [5, 5.41) is 20.9. The number of carboxylic acid groups (broad SMARTS) is 1. The third kappa shape index (κ3) is 10.7. The van der Waals surface area contributed by atoms with E-state index in [4.69, 9.17) is 14.5 Å². The van der Waals surface area contributed by atoms with E-state index in [0.717, 1.165) is 37.7 Å². The Bertz CT molecular complexity index is 1920. The highest BCUT2D eigenvalue weighted by Crippen LogP contribution is 2.39. The molecule has 0 aliphatic heterocycles. The Balaban J connectivity index is 1.46. The van der Waals surface area contributed by atoms with Crippen LogP contribution in [0.2, 0.25) is 0 Å². The highest BCUT2D eigenvalue weighted by atomic mass is 19.3. The molecular weight excluding hydrogens is 740 g/mol. The van der Waals surface area contributed by atoms with E-state index >= 15 is 0 Å². The average Bonchev–Trinajstić information content (AvgIpc) is 3.62. The van der Waals surface area contributed by atoms with Crippen molar-refractivity contribution in [3.63, 3.8) is 0 Å². The van der Waals surface area contributed by atoms with E-state index < -0.39 is 78.0 Å². The van der Waals surface area contributed by atoms with Gasteiger partial charge >= 0.3 is 5.97 Å². The fourth-order valence-electron chi connectivity index (χ4n) is 7.86. The minimum Gasteiger partial charge on any atom is -0.497 e. The van der Waals surface area contributed by atoms with Gasteiger partial charge in [0.15, 0.2) is 0 Å². The Kier molecular flexibility index (Phi) is 14.1. The molecule has 15 heteroatoms. The van der Waals surface area contributed by atoms with Crippen LogP contribution in [-0.4, -0.2) is 84.5 Å². The van der Waals surface area contributed by atoms with Crippen LogP contribution in [0.3, 0.4) is 0 Å². The zero-order chi connectivity index (χ0) is 41.4. The van der Waals surface area contributed by atoms with E-state index in [9.17, 15) is 37.9 Å². The van der Waals surface area contributed by atoms with E-state index in [0.29, 0.717) is 28.1 Å². The van der Waals surface area contributed by atoms with Gasteiger partial charge in [-0.1, -0.05) is 70.4 Å². The molecule has 0 unspecified atom stereocenters. The number of carbonyl (C=O) groups is 5. The summed E-state index contributed by atoms with van der Waals surface area (Å²) >= 11 is 0. The molecule has 2 fully saturated rings. The molecule has 1 aromatic heterocycles. The van der Waals surface area contributed by atoms with E-state index in [-0.39, 0.29) is 24.7 Å². The second-order valence-electron chi connectivity index (χ2n) is 16.0. The number of benzene rings is 2. The third-order valence-corrected chi connectivity index (χ3v) is 10.9. The number of alkyl halides is 2. The summed E-state index contributed by atoms with van der Waals surface area (Å²) < 4.78 is 38.7. The number of amides is 4. The van der Waals surface area contributed by atoms with Gasteiger partial charge in [0.2, 0.25) is 30.1 Å². The van der Waals surface area contributed by atoms with Gasteiger partial charge in [-0.15, -0.1) is 0 Å². The van der Waals surface area contributed by atoms with Gasteiger partial charge in [-0.2, -0.15) is 0 Å². The second-order valence-corrected chi connectivity index (χ2v) is 16.0. The molecule has 2 aliphatic rings. The molecule has 13 nitrogen and oxygen atoms in total. The number of halogens is 2. The quantitative estimate of drug-likeness (QED) is 0.137. The highest BCUT2D eigenvalue weighted by Gasteiger charge is 2.47. The van der Waals surface area contributed by atoms with Crippen molar-refractivity contribution < 1.29 is 47.3 Å². The number of carbonyl (C=O) groups excluding carboxylic acids is 4. The topological polar surface area (TPSA) is 185 Å². The number of hydrogen-bond donors (Lipinski definition) is 5. The molecule has 4 amide bonds. The first-order valence-electron chi connectivity index (χ1n) is 19.4. The van der Waals surface area contributed by atoms with Gasteiger partial charge in [0.05, 0.1) is 30.2 Å². The number of aromatic nitrogens is 1.